The number of unbranched alkanes of at least 4 members (excludes halogenated alkanes) is 27. The lowest BCUT2D eigenvalue weighted by atomic mass is 10.1. The van der Waals surface area contributed by atoms with Crippen molar-refractivity contribution < 1.29 is 28.6 Å². The fourth-order valence-corrected chi connectivity index (χ4v) is 7.37. The molecule has 6 heteroatoms. The van der Waals surface area contributed by atoms with Crippen molar-refractivity contribution in [3.63, 3.8) is 0 Å². The number of ether oxygens (including phenoxy) is 3. The van der Waals surface area contributed by atoms with Crippen LogP contribution in [-0.4, -0.2) is 37.2 Å². The van der Waals surface area contributed by atoms with Crippen LogP contribution in [0.2, 0.25) is 0 Å². The molecule has 6 nitrogen and oxygen atoms in total. The molecule has 0 heterocycles. The van der Waals surface area contributed by atoms with E-state index < -0.39 is 6.10 Å². The maximum atomic E-state index is 12.8. The number of allylic oxidation sites excluding steroid dienone is 10. The third kappa shape index (κ3) is 50.0. The molecule has 0 aliphatic rings. The van der Waals surface area contributed by atoms with Crippen molar-refractivity contribution >= 4 is 17.9 Å². The lowest BCUT2D eigenvalue weighted by Gasteiger charge is -2.18. The molecular formula is C57H100O6. The van der Waals surface area contributed by atoms with Crippen LogP contribution in [0, 0.1) is 0 Å². The summed E-state index contributed by atoms with van der Waals surface area (Å²) in [6.07, 6.45) is 63.4. The molecule has 0 saturated carbocycles. The van der Waals surface area contributed by atoms with Crippen LogP contribution in [0.3, 0.4) is 0 Å². The first-order valence-electron chi connectivity index (χ1n) is 26.8. The Kier molecular flexibility index (Phi) is 49.4. The Bertz CT molecular complexity index is 1150. The summed E-state index contributed by atoms with van der Waals surface area (Å²) in [6, 6.07) is 0. The van der Waals surface area contributed by atoms with E-state index >= 15 is 0 Å². The number of esters is 3. The van der Waals surface area contributed by atoms with Gasteiger partial charge < -0.3 is 14.2 Å². The minimum Gasteiger partial charge on any atom is -0.462 e. The highest BCUT2D eigenvalue weighted by molar-refractivity contribution is 5.71. The minimum absolute atomic E-state index is 0.0846. The van der Waals surface area contributed by atoms with Crippen LogP contribution < -0.4 is 0 Å². The fourth-order valence-electron chi connectivity index (χ4n) is 7.37. The van der Waals surface area contributed by atoms with Gasteiger partial charge in [-0.05, 0) is 103 Å². The maximum absolute atomic E-state index is 12.8. The molecule has 0 aliphatic heterocycles. The van der Waals surface area contributed by atoms with Gasteiger partial charge in [-0.25, -0.2) is 0 Å². The van der Waals surface area contributed by atoms with Gasteiger partial charge in [0.1, 0.15) is 13.2 Å². The predicted octanol–water partition coefficient (Wildman–Crippen LogP) is 17.6. The normalized spacial score (nSPS) is 12.5. The van der Waals surface area contributed by atoms with E-state index in [2.05, 4.69) is 81.5 Å². The van der Waals surface area contributed by atoms with Gasteiger partial charge in [0, 0.05) is 19.3 Å². The summed E-state index contributed by atoms with van der Waals surface area (Å²) in [5.74, 6) is -0.907. The van der Waals surface area contributed by atoms with E-state index in [1.54, 1.807) is 0 Å². The quantitative estimate of drug-likeness (QED) is 0.0262. The first-order chi connectivity index (χ1) is 31.0. The highest BCUT2D eigenvalue weighted by atomic mass is 16.6. The zero-order chi connectivity index (χ0) is 45.8. The second-order valence-corrected chi connectivity index (χ2v) is 17.8. The van der Waals surface area contributed by atoms with Crippen molar-refractivity contribution in [1.82, 2.24) is 0 Å². The molecule has 0 saturated heterocycles. The molecule has 63 heavy (non-hydrogen) atoms. The van der Waals surface area contributed by atoms with E-state index in [9.17, 15) is 14.4 Å². The maximum Gasteiger partial charge on any atom is 0.306 e. The summed E-state index contributed by atoms with van der Waals surface area (Å²) < 4.78 is 16.8. The Morgan fingerprint density at radius 1 is 0.317 bits per heavy atom. The number of carbonyl (C=O) groups excluding carboxylic acids is 3. The monoisotopic (exact) mass is 881 g/mol. The van der Waals surface area contributed by atoms with Crippen molar-refractivity contribution in [1.29, 1.82) is 0 Å². The summed E-state index contributed by atoms with van der Waals surface area (Å²) in [4.78, 5) is 38.0. The minimum atomic E-state index is -0.784. The van der Waals surface area contributed by atoms with E-state index in [0.29, 0.717) is 19.3 Å². The average Bonchev–Trinajstić information content (AvgIpc) is 3.28. The lowest BCUT2D eigenvalue weighted by Crippen LogP contribution is -2.30. The summed E-state index contributed by atoms with van der Waals surface area (Å²) in [6.45, 7) is 6.54. The van der Waals surface area contributed by atoms with Gasteiger partial charge in [-0.15, -0.1) is 0 Å². The summed E-state index contributed by atoms with van der Waals surface area (Å²) in [5, 5.41) is 0. The lowest BCUT2D eigenvalue weighted by molar-refractivity contribution is -0.167. The van der Waals surface area contributed by atoms with Crippen LogP contribution in [0.25, 0.3) is 0 Å². The van der Waals surface area contributed by atoms with E-state index in [4.69, 9.17) is 14.2 Å². The second-order valence-electron chi connectivity index (χ2n) is 17.8. The third-order valence-corrected chi connectivity index (χ3v) is 11.5. The van der Waals surface area contributed by atoms with E-state index in [1.807, 2.05) is 0 Å². The SMILES string of the molecule is CCCC/C=C\CCCCCCCC(=O)OC[C@@H](COC(=O)CCCCCCC/C=C\C/C=C\CCCCC)OC(=O)CCCCCCCCCCC/C=C\C/C=C\CCCCC. The molecule has 0 aliphatic carbocycles. The number of rotatable bonds is 48. The van der Waals surface area contributed by atoms with Crippen molar-refractivity contribution in [2.24, 2.45) is 0 Å². The molecule has 0 bridgehead atoms. The Labute approximate surface area is 390 Å². The summed E-state index contributed by atoms with van der Waals surface area (Å²) in [7, 11) is 0. The molecule has 0 N–H and O–H groups in total. The molecule has 0 spiro atoms. The van der Waals surface area contributed by atoms with Crippen molar-refractivity contribution in [3.05, 3.63) is 60.8 Å². The molecule has 0 radical (unpaired) electrons. The van der Waals surface area contributed by atoms with Crippen LogP contribution in [-0.2, 0) is 28.6 Å². The molecule has 1 atom stereocenters. The highest BCUT2D eigenvalue weighted by Gasteiger charge is 2.19. The van der Waals surface area contributed by atoms with Crippen molar-refractivity contribution in [2.75, 3.05) is 13.2 Å². The van der Waals surface area contributed by atoms with Crippen LogP contribution in [0.1, 0.15) is 265 Å². The fraction of sp³-hybridized carbons (Fsp3) is 0.772. The topological polar surface area (TPSA) is 78.9 Å². The Morgan fingerprint density at radius 2 is 0.587 bits per heavy atom. The van der Waals surface area contributed by atoms with Gasteiger partial charge >= 0.3 is 17.9 Å². The number of carbonyl (C=O) groups is 3. The van der Waals surface area contributed by atoms with Crippen LogP contribution >= 0.6 is 0 Å². The van der Waals surface area contributed by atoms with Gasteiger partial charge in [-0.3, -0.25) is 14.4 Å². The Morgan fingerprint density at radius 3 is 0.937 bits per heavy atom. The molecule has 364 valence electrons. The number of hydrogen-bond donors (Lipinski definition) is 0. The molecule has 0 fully saturated rings. The van der Waals surface area contributed by atoms with Gasteiger partial charge in [0.25, 0.3) is 0 Å². The second kappa shape index (κ2) is 51.7. The zero-order valence-corrected chi connectivity index (χ0v) is 41.6. The predicted molar refractivity (Wildman–Crippen MR) is 270 cm³/mol. The first kappa shape index (κ1) is 60.1. The van der Waals surface area contributed by atoms with Crippen molar-refractivity contribution in [2.45, 2.75) is 271 Å². The molecule has 0 aromatic heterocycles. The van der Waals surface area contributed by atoms with E-state index in [-0.39, 0.29) is 31.1 Å². The standard InChI is InChI=1S/C57H100O6/c1-4-7-10-13-16-19-22-24-26-27-28-29-31-33-36-39-42-45-48-51-57(60)63-54(52-61-55(58)49-46-43-40-37-34-21-18-15-12-9-6-3)53-62-56(59)50-47-44-41-38-35-32-30-25-23-20-17-14-11-8-5-2/h15-20,24-26,30,54H,4-14,21-23,27-29,31-53H2,1-3H3/b18-15-,19-16-,20-17-,26-24-,30-25-/t54-/m0/s1. The average molecular weight is 881 g/mol. The van der Waals surface area contributed by atoms with Gasteiger partial charge in [0.05, 0.1) is 0 Å². The van der Waals surface area contributed by atoms with Gasteiger partial charge in [0.2, 0.25) is 0 Å². The van der Waals surface area contributed by atoms with Crippen LogP contribution in [0.4, 0.5) is 0 Å². The first-order valence-corrected chi connectivity index (χ1v) is 26.8. The van der Waals surface area contributed by atoms with E-state index in [1.165, 1.54) is 135 Å². The van der Waals surface area contributed by atoms with Crippen molar-refractivity contribution in [3.8, 4) is 0 Å². The molecule has 0 aromatic rings. The summed E-state index contributed by atoms with van der Waals surface area (Å²) >= 11 is 0. The van der Waals surface area contributed by atoms with E-state index in [0.717, 1.165) is 89.9 Å². The van der Waals surface area contributed by atoms with Gasteiger partial charge in [-0.2, -0.15) is 0 Å². The third-order valence-electron chi connectivity index (χ3n) is 11.5. The Hall–Kier alpha value is -2.89. The highest BCUT2D eigenvalue weighted by Crippen LogP contribution is 2.14. The smallest absolute Gasteiger partial charge is 0.306 e. The largest absolute Gasteiger partial charge is 0.462 e. The summed E-state index contributed by atoms with van der Waals surface area (Å²) in [5.41, 5.74) is 0. The van der Waals surface area contributed by atoms with Gasteiger partial charge in [0.15, 0.2) is 6.10 Å². The molecule has 0 rings (SSSR count). The number of hydrogen-bond acceptors (Lipinski definition) is 6. The molecule has 0 aromatic carbocycles. The Balaban J connectivity index is 4.37. The molecular weight excluding hydrogens is 781 g/mol. The van der Waals surface area contributed by atoms with Gasteiger partial charge in [-0.1, -0.05) is 204 Å². The zero-order valence-electron chi connectivity index (χ0n) is 41.6. The van der Waals surface area contributed by atoms with Crippen LogP contribution in [0.15, 0.2) is 60.8 Å². The molecule has 0 unspecified atom stereocenters. The van der Waals surface area contributed by atoms with Crippen LogP contribution in [0.5, 0.6) is 0 Å². The molecule has 0 amide bonds.